The predicted molar refractivity (Wildman–Crippen MR) is 120 cm³/mol. The van der Waals surface area contributed by atoms with E-state index in [2.05, 4.69) is 17.2 Å². The summed E-state index contributed by atoms with van der Waals surface area (Å²) in [5.41, 5.74) is 1.05. The Bertz CT molecular complexity index is 1010. The molecule has 1 heterocycles. The third-order valence-corrected chi connectivity index (χ3v) is 6.25. The van der Waals surface area contributed by atoms with Crippen LogP contribution in [0.25, 0.3) is 6.08 Å². The van der Waals surface area contributed by atoms with E-state index in [0.29, 0.717) is 27.5 Å². The molecule has 1 aliphatic rings. The molecule has 0 aliphatic heterocycles. The standard InChI is InChI=1S/C22H23ClN4O2S/c1-14-6-3-4-9-20(14)26-21(29)16(12-24)10-18-13-30-22(25-18)27(15(2)28)19-8-5-7-17(23)11-19/h5,7-8,10-11,13-14,20H,3-4,6,9H2,1-2H3,(H,26,29)/b16-10+. The van der Waals surface area contributed by atoms with Crippen molar-refractivity contribution in [3.05, 3.63) is 45.9 Å². The molecule has 2 atom stereocenters. The minimum atomic E-state index is -0.385. The van der Waals surface area contributed by atoms with E-state index in [9.17, 15) is 14.9 Å². The average molecular weight is 443 g/mol. The number of carbonyl (C=O) groups is 2. The molecule has 1 aromatic heterocycles. The number of benzene rings is 1. The third kappa shape index (κ3) is 5.26. The normalized spacial score (nSPS) is 19.1. The molecule has 2 aromatic rings. The lowest BCUT2D eigenvalue weighted by Gasteiger charge is -2.29. The number of thiazole rings is 1. The van der Waals surface area contributed by atoms with E-state index in [1.54, 1.807) is 29.6 Å². The minimum absolute atomic E-state index is 0.00162. The zero-order valence-corrected chi connectivity index (χ0v) is 18.5. The number of carbonyl (C=O) groups excluding carboxylic acids is 2. The molecule has 1 fully saturated rings. The quantitative estimate of drug-likeness (QED) is 0.516. The Labute approximate surface area is 185 Å². The lowest BCUT2D eigenvalue weighted by molar-refractivity contribution is -0.118. The van der Waals surface area contributed by atoms with Gasteiger partial charge in [0.25, 0.3) is 5.91 Å². The van der Waals surface area contributed by atoms with E-state index in [-0.39, 0.29) is 23.4 Å². The van der Waals surface area contributed by atoms with Crippen LogP contribution in [0.3, 0.4) is 0 Å². The van der Waals surface area contributed by atoms with Gasteiger partial charge in [0.05, 0.1) is 11.4 Å². The van der Waals surface area contributed by atoms with Crippen molar-refractivity contribution < 1.29 is 9.59 Å². The van der Waals surface area contributed by atoms with Gasteiger partial charge in [0.2, 0.25) is 5.91 Å². The first-order valence-corrected chi connectivity index (χ1v) is 11.1. The maximum Gasteiger partial charge on any atom is 0.262 e. The van der Waals surface area contributed by atoms with Gasteiger partial charge in [-0.05, 0) is 43.0 Å². The van der Waals surface area contributed by atoms with E-state index < -0.39 is 0 Å². The number of hydrogen-bond donors (Lipinski definition) is 1. The number of amides is 2. The van der Waals surface area contributed by atoms with Crippen molar-refractivity contribution in [2.45, 2.75) is 45.6 Å². The Morgan fingerprint density at radius 3 is 2.80 bits per heavy atom. The molecule has 8 heteroatoms. The Kier molecular flexibility index (Phi) is 7.24. The number of nitrogens with one attached hydrogen (secondary N) is 1. The summed E-state index contributed by atoms with van der Waals surface area (Å²) in [6.45, 7) is 3.57. The minimum Gasteiger partial charge on any atom is -0.348 e. The molecule has 0 spiro atoms. The van der Waals surface area contributed by atoms with Crippen molar-refractivity contribution in [2.24, 2.45) is 5.92 Å². The van der Waals surface area contributed by atoms with E-state index in [1.165, 1.54) is 35.7 Å². The van der Waals surface area contributed by atoms with E-state index in [1.807, 2.05) is 6.07 Å². The van der Waals surface area contributed by atoms with E-state index in [4.69, 9.17) is 11.6 Å². The summed E-state index contributed by atoms with van der Waals surface area (Å²) in [6.07, 6.45) is 5.73. The van der Waals surface area contributed by atoms with Gasteiger partial charge in [-0.2, -0.15) is 5.26 Å². The van der Waals surface area contributed by atoms with Crippen LogP contribution in [0.5, 0.6) is 0 Å². The second-order valence-corrected chi connectivity index (χ2v) is 8.67. The molecule has 1 aliphatic carbocycles. The molecular formula is C22H23ClN4O2S. The fraction of sp³-hybridized carbons (Fsp3) is 0.364. The number of nitrogens with zero attached hydrogens (tertiary/aromatic N) is 3. The molecule has 6 nitrogen and oxygen atoms in total. The van der Waals surface area contributed by atoms with Crippen molar-refractivity contribution in [3.8, 4) is 6.07 Å². The van der Waals surface area contributed by atoms with Crippen molar-refractivity contribution in [2.75, 3.05) is 4.90 Å². The van der Waals surface area contributed by atoms with Gasteiger partial charge in [0.15, 0.2) is 5.13 Å². The topological polar surface area (TPSA) is 86.1 Å². The number of nitriles is 1. The monoisotopic (exact) mass is 442 g/mol. The highest BCUT2D eigenvalue weighted by Gasteiger charge is 2.24. The molecule has 0 bridgehead atoms. The molecule has 3 rings (SSSR count). The van der Waals surface area contributed by atoms with Crippen LogP contribution in [0.15, 0.2) is 35.2 Å². The summed E-state index contributed by atoms with van der Waals surface area (Å²) in [4.78, 5) is 30.7. The fourth-order valence-corrected chi connectivity index (χ4v) is 4.59. The number of aromatic nitrogens is 1. The largest absolute Gasteiger partial charge is 0.348 e. The molecule has 1 N–H and O–H groups in total. The highest BCUT2D eigenvalue weighted by molar-refractivity contribution is 7.14. The molecule has 2 unspecified atom stereocenters. The van der Waals surface area contributed by atoms with Gasteiger partial charge in [-0.3, -0.25) is 14.5 Å². The van der Waals surface area contributed by atoms with Crippen LogP contribution in [-0.2, 0) is 9.59 Å². The van der Waals surface area contributed by atoms with Crippen molar-refractivity contribution in [1.82, 2.24) is 10.3 Å². The summed E-state index contributed by atoms with van der Waals surface area (Å²) < 4.78 is 0. The summed E-state index contributed by atoms with van der Waals surface area (Å²) in [5, 5.41) is 15.1. The molecule has 30 heavy (non-hydrogen) atoms. The van der Waals surface area contributed by atoms with Gasteiger partial charge in [-0.1, -0.05) is 37.4 Å². The van der Waals surface area contributed by atoms with Crippen LogP contribution in [-0.4, -0.2) is 22.8 Å². The number of anilines is 2. The molecule has 156 valence electrons. The molecule has 0 saturated heterocycles. The fourth-order valence-electron chi connectivity index (χ4n) is 3.56. The highest BCUT2D eigenvalue weighted by atomic mass is 35.5. The van der Waals surface area contributed by atoms with Crippen LogP contribution in [0, 0.1) is 17.2 Å². The molecule has 1 saturated carbocycles. The molecular weight excluding hydrogens is 420 g/mol. The van der Waals surface area contributed by atoms with Crippen LogP contribution in [0.4, 0.5) is 10.8 Å². The maximum atomic E-state index is 12.6. The molecule has 0 radical (unpaired) electrons. The van der Waals surface area contributed by atoms with Gasteiger partial charge >= 0.3 is 0 Å². The summed E-state index contributed by atoms with van der Waals surface area (Å²) >= 11 is 7.31. The van der Waals surface area contributed by atoms with E-state index in [0.717, 1.165) is 19.3 Å². The third-order valence-electron chi connectivity index (χ3n) is 5.17. The smallest absolute Gasteiger partial charge is 0.262 e. The molecule has 2 amide bonds. The maximum absolute atomic E-state index is 12.6. The number of halogens is 1. The highest BCUT2D eigenvalue weighted by Crippen LogP contribution is 2.31. The van der Waals surface area contributed by atoms with Crippen LogP contribution in [0.1, 0.15) is 45.2 Å². The van der Waals surface area contributed by atoms with Gasteiger partial charge in [-0.25, -0.2) is 4.98 Å². The summed E-state index contributed by atoms with van der Waals surface area (Å²) in [5.74, 6) is -0.203. The van der Waals surface area contributed by atoms with Crippen molar-refractivity contribution in [1.29, 1.82) is 5.26 Å². The van der Waals surface area contributed by atoms with E-state index >= 15 is 0 Å². The second kappa shape index (κ2) is 9.88. The number of hydrogen-bond acceptors (Lipinski definition) is 5. The van der Waals surface area contributed by atoms with Gasteiger partial charge in [0, 0.05) is 23.4 Å². The Balaban J connectivity index is 1.80. The van der Waals surface area contributed by atoms with Crippen molar-refractivity contribution in [3.63, 3.8) is 0 Å². The Morgan fingerprint density at radius 2 is 2.13 bits per heavy atom. The zero-order chi connectivity index (χ0) is 21.7. The van der Waals surface area contributed by atoms with Gasteiger partial charge in [0.1, 0.15) is 11.6 Å². The number of rotatable bonds is 5. The average Bonchev–Trinajstić information content (AvgIpc) is 3.15. The first kappa shape index (κ1) is 22.0. The van der Waals surface area contributed by atoms with Crippen LogP contribution in [0.2, 0.25) is 5.02 Å². The first-order valence-electron chi connectivity index (χ1n) is 9.83. The second-order valence-electron chi connectivity index (χ2n) is 7.40. The lowest BCUT2D eigenvalue weighted by atomic mass is 9.86. The van der Waals surface area contributed by atoms with Gasteiger partial charge in [-0.15, -0.1) is 11.3 Å². The summed E-state index contributed by atoms with van der Waals surface area (Å²) in [7, 11) is 0. The molecule has 1 aromatic carbocycles. The van der Waals surface area contributed by atoms with Crippen LogP contribution < -0.4 is 10.2 Å². The SMILES string of the molecule is CC(=O)N(c1cccc(Cl)c1)c1nc(/C=C(\C#N)C(=O)NC2CCCCC2C)cs1. The van der Waals surface area contributed by atoms with Crippen LogP contribution >= 0.6 is 22.9 Å². The summed E-state index contributed by atoms with van der Waals surface area (Å²) in [6, 6.07) is 8.99. The Morgan fingerprint density at radius 1 is 1.37 bits per heavy atom. The zero-order valence-electron chi connectivity index (χ0n) is 16.9. The van der Waals surface area contributed by atoms with Gasteiger partial charge < -0.3 is 5.32 Å². The Hall–Kier alpha value is -2.69. The van der Waals surface area contributed by atoms with Crippen molar-refractivity contribution >= 4 is 51.6 Å². The lowest BCUT2D eigenvalue weighted by Crippen LogP contribution is -2.41. The predicted octanol–water partition coefficient (Wildman–Crippen LogP) is 5.08. The first-order chi connectivity index (χ1) is 14.4.